The molecule has 0 bridgehead atoms. The summed E-state index contributed by atoms with van der Waals surface area (Å²) in [5.41, 5.74) is 0.700. The van der Waals surface area contributed by atoms with Crippen molar-refractivity contribution in [2.45, 2.75) is 25.8 Å². The number of benzene rings is 1. The van der Waals surface area contributed by atoms with Crippen molar-refractivity contribution in [2.75, 3.05) is 19.6 Å². The molecule has 1 atom stereocenters. The molecule has 2 heterocycles. The average molecular weight is 397 g/mol. The lowest BCUT2D eigenvalue weighted by Gasteiger charge is -2.32. The zero-order valence-electron chi connectivity index (χ0n) is 14.0. The summed E-state index contributed by atoms with van der Waals surface area (Å²) in [7, 11) is 0. The topological polar surface area (TPSA) is 32.3 Å². The van der Waals surface area contributed by atoms with Gasteiger partial charge in [-0.15, -0.1) is 11.3 Å². The summed E-state index contributed by atoms with van der Waals surface area (Å²) >= 11 is 14.1. The van der Waals surface area contributed by atoms with Gasteiger partial charge in [-0.2, -0.15) is 0 Å². The number of piperidine rings is 1. The Morgan fingerprint density at radius 3 is 2.76 bits per heavy atom. The molecule has 0 spiro atoms. The number of carbonyl (C=O) groups excluding carboxylic acids is 1. The summed E-state index contributed by atoms with van der Waals surface area (Å²) in [6.45, 7) is 3.89. The molecule has 0 radical (unpaired) electrons. The normalized spacial score (nSPS) is 18.2. The quantitative estimate of drug-likeness (QED) is 0.771. The van der Waals surface area contributed by atoms with Crippen molar-refractivity contribution < 1.29 is 4.79 Å². The second kappa shape index (κ2) is 9.04. The van der Waals surface area contributed by atoms with E-state index in [1.165, 1.54) is 11.3 Å². The molecule has 1 amide bonds. The van der Waals surface area contributed by atoms with E-state index >= 15 is 0 Å². The van der Waals surface area contributed by atoms with Gasteiger partial charge in [0, 0.05) is 34.6 Å². The zero-order valence-corrected chi connectivity index (χ0v) is 16.3. The van der Waals surface area contributed by atoms with Crippen molar-refractivity contribution in [1.82, 2.24) is 10.2 Å². The fourth-order valence-corrected chi connectivity index (χ4v) is 4.54. The number of nitrogens with zero attached hydrogens (tertiary/aromatic N) is 1. The Morgan fingerprint density at radius 2 is 2.04 bits per heavy atom. The van der Waals surface area contributed by atoms with Crippen molar-refractivity contribution in [3.63, 3.8) is 0 Å². The summed E-state index contributed by atoms with van der Waals surface area (Å²) < 4.78 is 0. The molecule has 1 aromatic carbocycles. The third kappa shape index (κ3) is 5.45. The third-order valence-electron chi connectivity index (χ3n) is 4.55. The molecule has 3 nitrogen and oxygen atoms in total. The molecule has 1 aliphatic heterocycles. The van der Waals surface area contributed by atoms with Crippen LogP contribution in [-0.4, -0.2) is 30.4 Å². The molecular formula is C19H22Cl2N2OS. The Labute approximate surface area is 162 Å². The van der Waals surface area contributed by atoms with Gasteiger partial charge in [0.05, 0.1) is 6.42 Å². The Hall–Kier alpha value is -1.07. The maximum Gasteiger partial charge on any atom is 0.224 e. The van der Waals surface area contributed by atoms with Crippen molar-refractivity contribution in [1.29, 1.82) is 0 Å². The number of hydrogen-bond donors (Lipinski definition) is 1. The number of thiophene rings is 1. The molecule has 0 aliphatic carbocycles. The lowest BCUT2D eigenvalue weighted by molar-refractivity contribution is -0.120. The number of likely N-dealkylation sites (tertiary alicyclic amines) is 1. The number of carbonyl (C=O) groups is 1. The lowest BCUT2D eigenvalue weighted by atomic mass is 9.98. The summed E-state index contributed by atoms with van der Waals surface area (Å²) in [5.74, 6) is 0.477. The Balaban J connectivity index is 1.47. The van der Waals surface area contributed by atoms with Crippen LogP contribution in [0.25, 0.3) is 0 Å². The van der Waals surface area contributed by atoms with Crippen LogP contribution < -0.4 is 5.32 Å². The summed E-state index contributed by atoms with van der Waals surface area (Å²) in [4.78, 5) is 16.1. The molecule has 0 saturated carbocycles. The van der Waals surface area contributed by atoms with Gasteiger partial charge in [-0.1, -0.05) is 35.3 Å². The van der Waals surface area contributed by atoms with E-state index < -0.39 is 0 Å². The van der Waals surface area contributed by atoms with Crippen LogP contribution in [0.15, 0.2) is 35.7 Å². The Bertz CT molecular complexity index is 685. The number of halogens is 2. The average Bonchev–Trinajstić information content (AvgIpc) is 3.10. The molecule has 1 N–H and O–H groups in total. The monoisotopic (exact) mass is 396 g/mol. The molecule has 134 valence electrons. The van der Waals surface area contributed by atoms with Crippen molar-refractivity contribution in [3.05, 3.63) is 56.2 Å². The first-order valence-electron chi connectivity index (χ1n) is 8.56. The molecule has 1 saturated heterocycles. The SMILES string of the molecule is O=C(Cc1c(Cl)cccc1Cl)NCC1CCCN(Cc2cccs2)C1. The van der Waals surface area contributed by atoms with E-state index in [1.54, 1.807) is 29.5 Å². The number of nitrogens with one attached hydrogen (secondary N) is 1. The number of hydrogen-bond acceptors (Lipinski definition) is 3. The van der Waals surface area contributed by atoms with Gasteiger partial charge in [0.15, 0.2) is 0 Å². The van der Waals surface area contributed by atoms with Crippen LogP contribution in [0.5, 0.6) is 0 Å². The van der Waals surface area contributed by atoms with Gasteiger partial charge in [0.2, 0.25) is 5.91 Å². The Kier molecular flexibility index (Phi) is 6.77. The van der Waals surface area contributed by atoms with Gasteiger partial charge >= 0.3 is 0 Å². The number of rotatable bonds is 6. The standard InChI is InChI=1S/C19H22Cl2N2OS/c20-17-6-1-7-18(21)16(17)10-19(24)22-11-14-4-2-8-23(12-14)13-15-5-3-9-25-15/h1,3,5-7,9,14H,2,4,8,10-13H2,(H,22,24). The van der Waals surface area contributed by atoms with Crippen LogP contribution in [0.2, 0.25) is 10.0 Å². The Morgan fingerprint density at radius 1 is 1.24 bits per heavy atom. The second-order valence-electron chi connectivity index (χ2n) is 6.50. The van der Waals surface area contributed by atoms with Gasteiger partial charge in [-0.05, 0) is 54.4 Å². The highest BCUT2D eigenvalue weighted by Gasteiger charge is 2.21. The highest BCUT2D eigenvalue weighted by atomic mass is 35.5. The highest BCUT2D eigenvalue weighted by molar-refractivity contribution is 7.09. The van der Waals surface area contributed by atoms with Gasteiger partial charge in [0.1, 0.15) is 0 Å². The van der Waals surface area contributed by atoms with E-state index in [4.69, 9.17) is 23.2 Å². The van der Waals surface area contributed by atoms with E-state index in [2.05, 4.69) is 27.7 Å². The van der Waals surface area contributed by atoms with Crippen LogP contribution in [0.4, 0.5) is 0 Å². The van der Waals surface area contributed by atoms with Crippen molar-refractivity contribution >= 4 is 40.4 Å². The first kappa shape index (κ1) is 18.7. The van der Waals surface area contributed by atoms with Crippen LogP contribution >= 0.6 is 34.5 Å². The molecule has 1 fully saturated rings. The summed E-state index contributed by atoms with van der Waals surface area (Å²) in [6, 6.07) is 9.60. The van der Waals surface area contributed by atoms with Crippen LogP contribution in [0, 0.1) is 5.92 Å². The molecule has 1 aliphatic rings. The van der Waals surface area contributed by atoms with E-state index in [0.29, 0.717) is 28.1 Å². The maximum atomic E-state index is 12.3. The van der Waals surface area contributed by atoms with E-state index in [1.807, 2.05) is 0 Å². The zero-order chi connectivity index (χ0) is 17.6. The smallest absolute Gasteiger partial charge is 0.224 e. The minimum absolute atomic E-state index is 0.0228. The molecule has 2 aromatic rings. The maximum absolute atomic E-state index is 12.3. The van der Waals surface area contributed by atoms with Crippen LogP contribution in [-0.2, 0) is 17.8 Å². The van der Waals surface area contributed by atoms with Gasteiger partial charge < -0.3 is 5.32 Å². The van der Waals surface area contributed by atoms with Gasteiger partial charge in [-0.3, -0.25) is 9.69 Å². The van der Waals surface area contributed by atoms with Gasteiger partial charge in [-0.25, -0.2) is 0 Å². The van der Waals surface area contributed by atoms with E-state index in [-0.39, 0.29) is 12.3 Å². The predicted molar refractivity (Wildman–Crippen MR) is 105 cm³/mol. The summed E-state index contributed by atoms with van der Waals surface area (Å²) in [5, 5.41) is 6.26. The van der Waals surface area contributed by atoms with Crippen molar-refractivity contribution in [2.24, 2.45) is 5.92 Å². The fraction of sp³-hybridized carbons (Fsp3) is 0.421. The first-order valence-corrected chi connectivity index (χ1v) is 10.2. The molecule has 6 heteroatoms. The fourth-order valence-electron chi connectivity index (χ4n) is 3.27. The largest absolute Gasteiger partial charge is 0.355 e. The predicted octanol–water partition coefficient (Wildman–Crippen LogP) is 4.63. The van der Waals surface area contributed by atoms with Crippen molar-refractivity contribution in [3.8, 4) is 0 Å². The minimum Gasteiger partial charge on any atom is -0.355 e. The summed E-state index contributed by atoms with van der Waals surface area (Å²) in [6.07, 6.45) is 2.57. The molecular weight excluding hydrogens is 375 g/mol. The van der Waals surface area contributed by atoms with Crippen LogP contribution in [0.3, 0.4) is 0 Å². The first-order chi connectivity index (χ1) is 12.1. The molecule has 1 unspecified atom stereocenters. The van der Waals surface area contributed by atoms with Gasteiger partial charge in [0.25, 0.3) is 0 Å². The molecule has 1 aromatic heterocycles. The minimum atomic E-state index is -0.0228. The highest BCUT2D eigenvalue weighted by Crippen LogP contribution is 2.25. The molecule has 3 rings (SSSR count). The van der Waals surface area contributed by atoms with E-state index in [9.17, 15) is 4.79 Å². The third-order valence-corrected chi connectivity index (χ3v) is 6.12. The number of amides is 1. The lowest BCUT2D eigenvalue weighted by Crippen LogP contribution is -2.40. The van der Waals surface area contributed by atoms with Crippen LogP contribution in [0.1, 0.15) is 23.3 Å². The molecule has 25 heavy (non-hydrogen) atoms. The van der Waals surface area contributed by atoms with E-state index in [0.717, 1.165) is 26.1 Å². The second-order valence-corrected chi connectivity index (χ2v) is 8.35.